The first-order chi connectivity index (χ1) is 11.1. The topological polar surface area (TPSA) is 61.4 Å². The first-order valence-electron chi connectivity index (χ1n) is 8.44. The van der Waals surface area contributed by atoms with Gasteiger partial charge in [0.2, 0.25) is 5.91 Å². The van der Waals surface area contributed by atoms with E-state index in [1.54, 1.807) is 0 Å². The minimum atomic E-state index is -0.173. The van der Waals surface area contributed by atoms with Crippen molar-refractivity contribution in [2.45, 2.75) is 51.6 Å². The molecule has 0 saturated carbocycles. The number of urea groups is 1. The molecule has 0 bridgehead atoms. The Morgan fingerprint density at radius 3 is 2.65 bits per heavy atom. The molecule has 23 heavy (non-hydrogen) atoms. The van der Waals surface area contributed by atoms with E-state index in [0.29, 0.717) is 19.5 Å². The van der Waals surface area contributed by atoms with Crippen molar-refractivity contribution in [2.24, 2.45) is 0 Å². The van der Waals surface area contributed by atoms with E-state index in [1.165, 1.54) is 5.56 Å². The number of aryl methyl sites for hydroxylation is 1. The minimum Gasteiger partial charge on any atom is -0.338 e. The summed E-state index contributed by atoms with van der Waals surface area (Å²) >= 11 is 0. The Balaban J connectivity index is 1.58. The van der Waals surface area contributed by atoms with Gasteiger partial charge in [0, 0.05) is 25.6 Å². The fourth-order valence-corrected chi connectivity index (χ4v) is 2.86. The van der Waals surface area contributed by atoms with Gasteiger partial charge in [0.15, 0.2) is 0 Å². The predicted molar refractivity (Wildman–Crippen MR) is 91.2 cm³/mol. The molecular weight excluding hydrogens is 290 g/mol. The van der Waals surface area contributed by atoms with E-state index in [0.717, 1.165) is 19.3 Å². The van der Waals surface area contributed by atoms with E-state index in [4.69, 9.17) is 0 Å². The van der Waals surface area contributed by atoms with Crippen molar-refractivity contribution >= 4 is 11.9 Å². The molecule has 1 aromatic rings. The van der Waals surface area contributed by atoms with E-state index in [2.05, 4.69) is 22.8 Å². The highest BCUT2D eigenvalue weighted by Gasteiger charge is 2.31. The van der Waals surface area contributed by atoms with Crippen molar-refractivity contribution in [1.82, 2.24) is 15.5 Å². The Kier molecular flexibility index (Phi) is 6.44. The van der Waals surface area contributed by atoms with Crippen molar-refractivity contribution in [2.75, 3.05) is 13.1 Å². The summed E-state index contributed by atoms with van der Waals surface area (Å²) in [4.78, 5) is 25.5. The second kappa shape index (κ2) is 8.56. The number of hydrogen-bond donors (Lipinski definition) is 2. The third-order valence-electron chi connectivity index (χ3n) is 4.14. The molecule has 1 aromatic carbocycles. The Morgan fingerprint density at radius 1 is 1.26 bits per heavy atom. The van der Waals surface area contributed by atoms with Crippen LogP contribution in [0.15, 0.2) is 30.3 Å². The number of rotatable bonds is 7. The fourth-order valence-electron chi connectivity index (χ4n) is 2.86. The maximum atomic E-state index is 11.9. The summed E-state index contributed by atoms with van der Waals surface area (Å²) < 4.78 is 0. The van der Waals surface area contributed by atoms with Crippen LogP contribution in [0.1, 0.15) is 38.7 Å². The average Bonchev–Trinajstić information content (AvgIpc) is 2.88. The molecule has 1 fully saturated rings. The van der Waals surface area contributed by atoms with Crippen LogP contribution in [-0.4, -0.2) is 42.0 Å². The van der Waals surface area contributed by atoms with E-state index in [1.807, 2.05) is 36.9 Å². The molecule has 2 N–H and O–H groups in total. The van der Waals surface area contributed by atoms with Crippen molar-refractivity contribution in [3.05, 3.63) is 35.9 Å². The summed E-state index contributed by atoms with van der Waals surface area (Å²) in [6.07, 6.45) is 3.43. The van der Waals surface area contributed by atoms with Crippen LogP contribution in [0.4, 0.5) is 4.79 Å². The molecule has 0 aliphatic carbocycles. The second-order valence-electron chi connectivity index (χ2n) is 6.38. The highest BCUT2D eigenvalue weighted by atomic mass is 16.2. The summed E-state index contributed by atoms with van der Waals surface area (Å²) in [7, 11) is 0. The highest BCUT2D eigenvalue weighted by molar-refractivity contribution is 5.81. The minimum absolute atomic E-state index is 0.0748. The van der Waals surface area contributed by atoms with Gasteiger partial charge in [-0.3, -0.25) is 4.79 Å². The van der Waals surface area contributed by atoms with Crippen LogP contribution in [0.25, 0.3) is 0 Å². The maximum Gasteiger partial charge on any atom is 0.315 e. The van der Waals surface area contributed by atoms with E-state index < -0.39 is 0 Å². The van der Waals surface area contributed by atoms with Crippen LogP contribution in [0.5, 0.6) is 0 Å². The summed E-state index contributed by atoms with van der Waals surface area (Å²) in [6, 6.07) is 10.3. The van der Waals surface area contributed by atoms with Gasteiger partial charge in [-0.25, -0.2) is 4.79 Å². The van der Waals surface area contributed by atoms with Crippen LogP contribution >= 0.6 is 0 Å². The zero-order valence-electron chi connectivity index (χ0n) is 14.0. The first-order valence-corrected chi connectivity index (χ1v) is 8.44. The zero-order valence-corrected chi connectivity index (χ0v) is 14.0. The molecule has 5 heteroatoms. The second-order valence-corrected chi connectivity index (χ2v) is 6.38. The lowest BCUT2D eigenvalue weighted by atomic mass is 10.1. The number of amides is 3. The Hall–Kier alpha value is -2.04. The van der Waals surface area contributed by atoms with Crippen molar-refractivity contribution in [3.8, 4) is 0 Å². The predicted octanol–water partition coefficient (Wildman–Crippen LogP) is 2.32. The molecule has 1 heterocycles. The molecule has 0 spiro atoms. The number of unbranched alkanes of at least 4 members (excludes halogenated alkanes) is 1. The molecule has 2 rings (SSSR count). The average molecular weight is 317 g/mol. The largest absolute Gasteiger partial charge is 0.338 e. The van der Waals surface area contributed by atoms with Crippen LogP contribution in [0.2, 0.25) is 0 Å². The highest BCUT2D eigenvalue weighted by Crippen LogP contribution is 2.14. The molecule has 126 valence electrons. The number of nitrogens with zero attached hydrogens (tertiary/aromatic N) is 1. The van der Waals surface area contributed by atoms with E-state index in [9.17, 15) is 9.59 Å². The fraction of sp³-hybridized carbons (Fsp3) is 0.556. The molecule has 5 nitrogen and oxygen atoms in total. The number of nitrogens with one attached hydrogen (secondary N) is 2. The Bertz CT molecular complexity index is 516. The van der Waals surface area contributed by atoms with Gasteiger partial charge in [-0.05, 0) is 38.7 Å². The van der Waals surface area contributed by atoms with Gasteiger partial charge >= 0.3 is 6.03 Å². The number of carbonyl (C=O) groups is 2. The number of likely N-dealkylation sites (tertiary alicyclic amines) is 1. The third-order valence-corrected chi connectivity index (χ3v) is 4.14. The van der Waals surface area contributed by atoms with E-state index in [-0.39, 0.29) is 24.0 Å². The van der Waals surface area contributed by atoms with Gasteiger partial charge in [-0.1, -0.05) is 30.3 Å². The van der Waals surface area contributed by atoms with Crippen LogP contribution < -0.4 is 10.6 Å². The van der Waals surface area contributed by atoms with Gasteiger partial charge < -0.3 is 15.5 Å². The van der Waals surface area contributed by atoms with Gasteiger partial charge in [0.05, 0.1) is 6.04 Å². The Labute approximate surface area is 138 Å². The van der Waals surface area contributed by atoms with Gasteiger partial charge in [-0.2, -0.15) is 0 Å². The standard InChI is InChI=1S/C18H27N3O2/c1-14(2)21-13-16(12-17(21)22)20-18(23)19-11-7-6-10-15-8-4-3-5-9-15/h3-5,8-9,14,16H,6-7,10-13H2,1-2H3,(H2,19,20,23). The molecule has 1 aliphatic heterocycles. The lowest BCUT2D eigenvalue weighted by molar-refractivity contribution is -0.129. The zero-order chi connectivity index (χ0) is 16.7. The molecule has 1 aliphatic rings. The third kappa shape index (κ3) is 5.58. The molecular formula is C18H27N3O2. The molecule has 1 unspecified atom stereocenters. The summed E-state index contributed by atoms with van der Waals surface area (Å²) in [5.41, 5.74) is 1.33. The van der Waals surface area contributed by atoms with Gasteiger partial charge in [0.1, 0.15) is 0 Å². The van der Waals surface area contributed by atoms with Crippen molar-refractivity contribution in [1.29, 1.82) is 0 Å². The summed E-state index contributed by atoms with van der Waals surface area (Å²) in [6.45, 7) is 5.26. The van der Waals surface area contributed by atoms with E-state index >= 15 is 0 Å². The summed E-state index contributed by atoms with van der Waals surface area (Å²) in [5.74, 6) is 0.119. The molecule has 1 saturated heterocycles. The van der Waals surface area contributed by atoms with Crippen LogP contribution in [0.3, 0.4) is 0 Å². The number of hydrogen-bond acceptors (Lipinski definition) is 2. The molecule has 1 atom stereocenters. The lowest BCUT2D eigenvalue weighted by Gasteiger charge is -2.21. The quantitative estimate of drug-likeness (QED) is 0.758. The number of carbonyl (C=O) groups excluding carboxylic acids is 2. The molecule has 0 aromatic heterocycles. The summed E-state index contributed by atoms with van der Waals surface area (Å²) in [5, 5.41) is 5.77. The SMILES string of the molecule is CC(C)N1CC(NC(=O)NCCCCc2ccccc2)CC1=O. The maximum absolute atomic E-state index is 11.9. The monoisotopic (exact) mass is 317 g/mol. The smallest absolute Gasteiger partial charge is 0.315 e. The molecule has 0 radical (unpaired) electrons. The van der Waals surface area contributed by atoms with Gasteiger partial charge in [0.25, 0.3) is 0 Å². The first kappa shape index (κ1) is 17.3. The lowest BCUT2D eigenvalue weighted by Crippen LogP contribution is -2.44. The van der Waals surface area contributed by atoms with Gasteiger partial charge in [-0.15, -0.1) is 0 Å². The van der Waals surface area contributed by atoms with Crippen LogP contribution in [-0.2, 0) is 11.2 Å². The number of benzene rings is 1. The van der Waals surface area contributed by atoms with Crippen LogP contribution in [0, 0.1) is 0 Å². The van der Waals surface area contributed by atoms with Crippen molar-refractivity contribution in [3.63, 3.8) is 0 Å². The molecule has 3 amide bonds. The normalized spacial score (nSPS) is 17.6. The van der Waals surface area contributed by atoms with Crippen molar-refractivity contribution < 1.29 is 9.59 Å². The Morgan fingerprint density at radius 2 is 2.00 bits per heavy atom.